The number of ether oxygens (including phenoxy) is 1. The van der Waals surface area contributed by atoms with Crippen LogP contribution in [0.1, 0.15) is 0 Å². The van der Waals surface area contributed by atoms with Crippen molar-refractivity contribution < 1.29 is 28.1 Å². The van der Waals surface area contributed by atoms with Gasteiger partial charge in [0.25, 0.3) is 7.82 Å². The summed E-state index contributed by atoms with van der Waals surface area (Å²) in [6.07, 6.45) is 2.62. The largest absolute Gasteiger partial charge is 0.756 e. The van der Waals surface area contributed by atoms with Gasteiger partial charge in [-0.05, 0) is 0 Å². The van der Waals surface area contributed by atoms with Crippen molar-refractivity contribution in [3.8, 4) is 0 Å². The molecule has 0 saturated heterocycles. The van der Waals surface area contributed by atoms with E-state index in [2.05, 4.69) is 22.4 Å². The third-order valence-corrected chi connectivity index (χ3v) is 1.72. The second-order valence-corrected chi connectivity index (χ2v) is 4.98. The number of phosphoric acid groups is 1. The maximum atomic E-state index is 10.1. The van der Waals surface area contributed by atoms with E-state index >= 15 is 0 Å². The summed E-state index contributed by atoms with van der Waals surface area (Å²) in [5.41, 5.74) is 0. The lowest BCUT2D eigenvalue weighted by Gasteiger charge is -2.25. The quantitative estimate of drug-likeness (QED) is 0.422. The van der Waals surface area contributed by atoms with Crippen molar-refractivity contribution in [1.29, 1.82) is 0 Å². The van der Waals surface area contributed by atoms with E-state index in [1.807, 2.05) is 21.1 Å². The van der Waals surface area contributed by atoms with Crippen molar-refractivity contribution in [2.24, 2.45) is 0 Å². The number of hydrogen-bond donors (Lipinski definition) is 1. The van der Waals surface area contributed by atoms with Gasteiger partial charge in [0.15, 0.2) is 0 Å². The van der Waals surface area contributed by atoms with Crippen molar-refractivity contribution in [3.63, 3.8) is 0 Å². The van der Waals surface area contributed by atoms with Gasteiger partial charge >= 0.3 is 0 Å². The highest BCUT2D eigenvalue weighted by atomic mass is 31.2. The zero-order chi connectivity index (χ0) is 13.2. The highest BCUT2D eigenvalue weighted by Crippen LogP contribution is 2.29. The minimum absolute atomic E-state index is 0.0147. The lowest BCUT2D eigenvalue weighted by atomic mass is 10.5. The first kappa shape index (κ1) is 17.7. The van der Waals surface area contributed by atoms with E-state index in [4.69, 9.17) is 4.89 Å². The first-order chi connectivity index (χ1) is 7.12. The Hall–Kier alpha value is -0.650. The Morgan fingerprint density at radius 2 is 1.81 bits per heavy atom. The summed E-state index contributed by atoms with van der Waals surface area (Å²) in [4.78, 5) is 18.3. The third-order valence-electron chi connectivity index (χ3n) is 1.21. The van der Waals surface area contributed by atoms with E-state index in [1.54, 1.807) is 0 Å². The van der Waals surface area contributed by atoms with E-state index in [1.165, 1.54) is 12.5 Å². The van der Waals surface area contributed by atoms with Gasteiger partial charge in [-0.15, -0.1) is 0 Å². The second kappa shape index (κ2) is 8.50. The molecule has 0 aromatic heterocycles. The Kier molecular flexibility index (Phi) is 9.42. The van der Waals surface area contributed by atoms with E-state index in [-0.39, 0.29) is 6.61 Å². The van der Waals surface area contributed by atoms with Crippen LogP contribution in [0.5, 0.6) is 0 Å². The second-order valence-electron chi connectivity index (χ2n) is 3.79. The molecule has 0 heterocycles. The normalized spacial score (nSPS) is 14.1. The van der Waals surface area contributed by atoms with E-state index in [9.17, 15) is 9.46 Å². The lowest BCUT2D eigenvalue weighted by molar-refractivity contribution is -0.870. The van der Waals surface area contributed by atoms with Crippen LogP contribution in [-0.4, -0.2) is 43.7 Å². The summed E-state index contributed by atoms with van der Waals surface area (Å²) >= 11 is 0. The summed E-state index contributed by atoms with van der Waals surface area (Å²) < 4.78 is 19.2. The Balaban J connectivity index is 0. The number of hydrogen-bond acceptors (Lipinski definition) is 4. The molecular formula is C9H20NO5P. The summed E-state index contributed by atoms with van der Waals surface area (Å²) in [6, 6.07) is 0. The summed E-state index contributed by atoms with van der Waals surface area (Å²) in [5.74, 6) is 0. The highest BCUT2D eigenvalue weighted by molar-refractivity contribution is 7.44. The van der Waals surface area contributed by atoms with Crippen LogP contribution in [0.2, 0.25) is 0 Å². The van der Waals surface area contributed by atoms with Gasteiger partial charge in [0.1, 0.15) is 13.2 Å². The van der Waals surface area contributed by atoms with Crippen LogP contribution in [-0.2, 0) is 13.8 Å². The number of rotatable bonds is 6. The third kappa shape index (κ3) is 23.3. The smallest absolute Gasteiger partial charge is 0.265 e. The molecule has 1 atom stereocenters. The molecule has 16 heavy (non-hydrogen) atoms. The van der Waals surface area contributed by atoms with Gasteiger partial charge in [-0.1, -0.05) is 13.2 Å². The van der Waals surface area contributed by atoms with Crippen LogP contribution in [0, 0.1) is 0 Å². The Labute approximate surface area is 96.6 Å². The molecule has 0 amide bonds. The fourth-order valence-electron chi connectivity index (χ4n) is 0.498. The Morgan fingerprint density at radius 3 is 2.00 bits per heavy atom. The molecule has 0 spiro atoms. The molecule has 96 valence electrons. The molecular weight excluding hydrogens is 233 g/mol. The predicted octanol–water partition coefficient (Wildman–Crippen LogP) is 0.460. The number of quaternary nitrogens is 1. The number of likely N-dealkylation sites (N-methyl/N-ethyl adjacent to an activating group) is 1. The first-order valence-corrected chi connectivity index (χ1v) is 5.98. The summed E-state index contributed by atoms with van der Waals surface area (Å²) in [6.45, 7) is 7.06. The van der Waals surface area contributed by atoms with Crippen molar-refractivity contribution >= 4 is 7.82 Å². The van der Waals surface area contributed by atoms with Gasteiger partial charge in [0.2, 0.25) is 0 Å². The van der Waals surface area contributed by atoms with E-state index in [0.717, 1.165) is 0 Å². The SMILES string of the molecule is C=COC=C.C[N+](C)(C)CCOP(=O)([O-])O. The molecule has 1 N–H and O–H groups in total. The summed E-state index contributed by atoms with van der Waals surface area (Å²) in [5, 5.41) is 0. The Morgan fingerprint density at radius 1 is 1.38 bits per heavy atom. The molecule has 0 fully saturated rings. The minimum Gasteiger partial charge on any atom is -0.756 e. The van der Waals surface area contributed by atoms with E-state index in [0.29, 0.717) is 11.0 Å². The van der Waals surface area contributed by atoms with Crippen LogP contribution in [0.25, 0.3) is 0 Å². The molecule has 1 unspecified atom stereocenters. The van der Waals surface area contributed by atoms with Crippen LogP contribution in [0.3, 0.4) is 0 Å². The van der Waals surface area contributed by atoms with Crippen LogP contribution < -0.4 is 4.89 Å². The molecule has 0 aromatic carbocycles. The molecule has 0 aromatic rings. The highest BCUT2D eigenvalue weighted by Gasteiger charge is 2.08. The predicted molar refractivity (Wildman–Crippen MR) is 60.2 cm³/mol. The lowest BCUT2D eigenvalue weighted by Crippen LogP contribution is -2.37. The first-order valence-electron chi connectivity index (χ1n) is 4.48. The molecule has 0 rings (SSSR count). The van der Waals surface area contributed by atoms with Crippen molar-refractivity contribution in [3.05, 3.63) is 25.7 Å². The monoisotopic (exact) mass is 253 g/mol. The Bertz CT molecular complexity index is 237. The average Bonchev–Trinajstić information content (AvgIpc) is 2.01. The molecule has 0 aliphatic carbocycles. The van der Waals surface area contributed by atoms with Crippen LogP contribution >= 0.6 is 7.82 Å². The summed E-state index contributed by atoms with van der Waals surface area (Å²) in [7, 11) is 1.19. The molecule has 0 aliphatic heterocycles. The van der Waals surface area contributed by atoms with Crippen molar-refractivity contribution in [1.82, 2.24) is 0 Å². The van der Waals surface area contributed by atoms with Crippen molar-refractivity contribution in [2.75, 3.05) is 34.3 Å². The zero-order valence-electron chi connectivity index (χ0n) is 9.96. The number of nitrogens with zero attached hydrogens (tertiary/aromatic N) is 1. The standard InChI is InChI=1S/C5H14NO4P.C4H6O/c1-6(2,3)4-5-10-11(7,8)9;1-3-5-4-2/h4-5H2,1-3H3,(H-,7,8,9);3-4H,1-2H2. The molecule has 7 heteroatoms. The maximum Gasteiger partial charge on any atom is 0.265 e. The molecule has 0 saturated carbocycles. The van der Waals surface area contributed by atoms with E-state index < -0.39 is 7.82 Å². The van der Waals surface area contributed by atoms with Crippen LogP contribution in [0.15, 0.2) is 25.7 Å². The minimum atomic E-state index is -4.51. The van der Waals surface area contributed by atoms with Gasteiger partial charge in [-0.3, -0.25) is 4.57 Å². The van der Waals surface area contributed by atoms with Gasteiger partial charge in [-0.25, -0.2) is 0 Å². The molecule has 0 bridgehead atoms. The molecule has 0 aliphatic rings. The zero-order valence-corrected chi connectivity index (χ0v) is 10.9. The van der Waals surface area contributed by atoms with Crippen LogP contribution in [0.4, 0.5) is 0 Å². The molecule has 6 nitrogen and oxygen atoms in total. The van der Waals surface area contributed by atoms with Crippen molar-refractivity contribution in [2.45, 2.75) is 0 Å². The fourth-order valence-corrected chi connectivity index (χ4v) is 0.810. The molecule has 0 radical (unpaired) electrons. The topological polar surface area (TPSA) is 78.8 Å². The maximum absolute atomic E-state index is 10.1. The average molecular weight is 253 g/mol. The van der Waals surface area contributed by atoms with Gasteiger partial charge < -0.3 is 23.5 Å². The van der Waals surface area contributed by atoms with Gasteiger partial charge in [0.05, 0.1) is 33.7 Å². The fraction of sp³-hybridized carbons (Fsp3) is 0.556. The van der Waals surface area contributed by atoms with Gasteiger partial charge in [-0.2, -0.15) is 0 Å². The van der Waals surface area contributed by atoms with Gasteiger partial charge in [0, 0.05) is 0 Å². The number of phosphoric ester groups is 1.